The average molecular weight is 399 g/mol. The lowest BCUT2D eigenvalue weighted by molar-refractivity contribution is -0.125. The first-order chi connectivity index (χ1) is 12.1. The Morgan fingerprint density at radius 3 is 2.48 bits per heavy atom. The van der Waals surface area contributed by atoms with Gasteiger partial charge in [-0.3, -0.25) is 9.69 Å². The minimum absolute atomic E-state index is 0.0883. The molecule has 0 unspecified atom stereocenters. The Labute approximate surface area is 157 Å². The second-order valence-corrected chi connectivity index (χ2v) is 8.12. The van der Waals surface area contributed by atoms with Crippen LogP contribution in [-0.4, -0.2) is 30.4 Å². The van der Waals surface area contributed by atoms with E-state index < -0.39 is 0 Å². The molecule has 1 aliphatic heterocycles. The van der Waals surface area contributed by atoms with Crippen molar-refractivity contribution in [3.8, 4) is 0 Å². The second kappa shape index (κ2) is 6.93. The van der Waals surface area contributed by atoms with Crippen LogP contribution in [0.4, 0.5) is 0 Å². The van der Waals surface area contributed by atoms with Crippen LogP contribution in [0.2, 0.25) is 0 Å². The number of carbonyl (C=O) groups is 1. The summed E-state index contributed by atoms with van der Waals surface area (Å²) < 4.78 is 1.18. The van der Waals surface area contributed by atoms with Gasteiger partial charge in [0, 0.05) is 29.5 Å². The largest absolute Gasteiger partial charge is 0.354 e. The van der Waals surface area contributed by atoms with Crippen LogP contribution >= 0.6 is 15.9 Å². The number of fused-ring (bicyclic) bond motifs is 2. The number of amides is 1. The molecule has 4 rings (SSSR count). The van der Waals surface area contributed by atoms with E-state index in [1.165, 1.54) is 26.7 Å². The van der Waals surface area contributed by atoms with Crippen molar-refractivity contribution < 1.29 is 4.79 Å². The average Bonchev–Trinajstić information content (AvgIpc) is 3.04. The van der Waals surface area contributed by atoms with Crippen LogP contribution in [0.15, 0.2) is 46.9 Å². The smallest absolute Gasteiger partial charge is 0.223 e. The molecule has 0 bridgehead atoms. The molecule has 4 heteroatoms. The maximum atomic E-state index is 12.6. The van der Waals surface area contributed by atoms with E-state index in [4.69, 9.17) is 0 Å². The number of nitrogens with zero attached hydrogens (tertiary/aromatic N) is 1. The zero-order chi connectivity index (χ0) is 17.4. The molecule has 1 N–H and O–H groups in total. The normalized spacial score (nSPS) is 20.2. The number of hydrogen-bond acceptors (Lipinski definition) is 2. The number of carbonyl (C=O) groups excluding carboxylic acids is 1. The number of benzene rings is 2. The van der Waals surface area contributed by atoms with Crippen molar-refractivity contribution in [1.29, 1.82) is 0 Å². The van der Waals surface area contributed by atoms with Crippen molar-refractivity contribution in [2.45, 2.75) is 31.8 Å². The van der Waals surface area contributed by atoms with Gasteiger partial charge in [0.2, 0.25) is 5.91 Å². The molecule has 1 aliphatic carbocycles. The number of halogens is 1. The molecule has 3 nitrogen and oxygen atoms in total. The quantitative estimate of drug-likeness (QED) is 0.859. The van der Waals surface area contributed by atoms with Gasteiger partial charge in [0.05, 0.1) is 0 Å². The van der Waals surface area contributed by atoms with Crippen molar-refractivity contribution in [2.75, 3.05) is 13.6 Å². The van der Waals surface area contributed by atoms with Gasteiger partial charge in [-0.05, 0) is 54.6 Å². The van der Waals surface area contributed by atoms with Crippen LogP contribution in [0.1, 0.15) is 22.3 Å². The molecule has 1 heterocycles. The third-order valence-corrected chi connectivity index (χ3v) is 6.38. The molecule has 0 aromatic heterocycles. The molecule has 0 saturated carbocycles. The van der Waals surface area contributed by atoms with Crippen LogP contribution in [-0.2, 0) is 30.6 Å². The molecule has 25 heavy (non-hydrogen) atoms. The summed E-state index contributed by atoms with van der Waals surface area (Å²) in [5.74, 6) is 0.285. The Morgan fingerprint density at radius 2 is 1.76 bits per heavy atom. The Morgan fingerprint density at radius 1 is 1.08 bits per heavy atom. The van der Waals surface area contributed by atoms with Crippen molar-refractivity contribution >= 4 is 21.8 Å². The van der Waals surface area contributed by atoms with Gasteiger partial charge in [0.1, 0.15) is 0 Å². The van der Waals surface area contributed by atoms with Gasteiger partial charge in [0.15, 0.2) is 0 Å². The standard InChI is InChI=1S/C21H23BrN2O/c1-24-13-16-7-4-8-20(22)19(16)11-18(24)12-23-21(25)17-9-14-5-2-3-6-15(14)10-17/h2-8,17-18H,9-13H2,1H3,(H,23,25)/t18-/m1/s1. The van der Waals surface area contributed by atoms with Gasteiger partial charge < -0.3 is 5.32 Å². The van der Waals surface area contributed by atoms with Gasteiger partial charge in [-0.15, -0.1) is 0 Å². The third-order valence-electron chi connectivity index (χ3n) is 5.63. The van der Waals surface area contributed by atoms with Crippen molar-refractivity contribution in [3.63, 3.8) is 0 Å². The van der Waals surface area contributed by atoms with Crippen molar-refractivity contribution in [1.82, 2.24) is 10.2 Å². The topological polar surface area (TPSA) is 32.3 Å². The maximum absolute atomic E-state index is 12.6. The molecule has 0 spiro atoms. The summed E-state index contributed by atoms with van der Waals surface area (Å²) in [6, 6.07) is 15.2. The third kappa shape index (κ3) is 3.38. The maximum Gasteiger partial charge on any atom is 0.223 e. The van der Waals surface area contributed by atoms with Crippen LogP contribution in [0, 0.1) is 5.92 Å². The fourth-order valence-electron chi connectivity index (χ4n) is 4.10. The zero-order valence-electron chi connectivity index (χ0n) is 14.5. The van der Waals surface area contributed by atoms with E-state index in [9.17, 15) is 4.79 Å². The lowest BCUT2D eigenvalue weighted by Crippen LogP contribution is -2.46. The first kappa shape index (κ1) is 16.8. The summed E-state index contributed by atoms with van der Waals surface area (Å²) in [5.41, 5.74) is 5.42. The number of hydrogen-bond donors (Lipinski definition) is 1. The molecular formula is C21H23BrN2O. The van der Waals surface area contributed by atoms with E-state index in [0.717, 1.165) is 25.8 Å². The summed E-state index contributed by atoms with van der Waals surface area (Å²) in [6.07, 6.45) is 2.71. The molecule has 1 amide bonds. The van der Waals surface area contributed by atoms with Crippen LogP contribution in [0.5, 0.6) is 0 Å². The molecule has 0 fully saturated rings. The highest BCUT2D eigenvalue weighted by atomic mass is 79.9. The first-order valence-electron chi connectivity index (χ1n) is 8.93. The predicted octanol–water partition coefficient (Wildman–Crippen LogP) is 3.34. The van der Waals surface area contributed by atoms with E-state index in [1.807, 2.05) is 0 Å². The van der Waals surface area contributed by atoms with E-state index in [1.54, 1.807) is 0 Å². The summed E-state index contributed by atoms with van der Waals surface area (Å²) >= 11 is 3.67. The van der Waals surface area contributed by atoms with E-state index in [0.29, 0.717) is 12.6 Å². The minimum Gasteiger partial charge on any atom is -0.354 e. The number of likely N-dealkylation sites (N-methyl/N-ethyl adjacent to an activating group) is 1. The summed E-state index contributed by atoms with van der Waals surface area (Å²) in [7, 11) is 2.14. The molecule has 130 valence electrons. The van der Waals surface area contributed by atoms with E-state index in [-0.39, 0.29) is 11.8 Å². The number of rotatable bonds is 3. The summed E-state index contributed by atoms with van der Waals surface area (Å²) in [6.45, 7) is 1.65. The van der Waals surface area contributed by atoms with Gasteiger partial charge >= 0.3 is 0 Å². The first-order valence-corrected chi connectivity index (χ1v) is 9.72. The lowest BCUT2D eigenvalue weighted by atomic mass is 9.94. The van der Waals surface area contributed by atoms with E-state index >= 15 is 0 Å². The summed E-state index contributed by atoms with van der Waals surface area (Å²) in [5, 5.41) is 3.21. The zero-order valence-corrected chi connectivity index (χ0v) is 16.1. The second-order valence-electron chi connectivity index (χ2n) is 7.27. The minimum atomic E-state index is 0.0883. The van der Waals surface area contributed by atoms with Gasteiger partial charge in [-0.2, -0.15) is 0 Å². The predicted molar refractivity (Wildman–Crippen MR) is 103 cm³/mol. The number of nitrogens with one attached hydrogen (secondary N) is 1. The molecular weight excluding hydrogens is 376 g/mol. The Balaban J connectivity index is 1.37. The SMILES string of the molecule is CN1Cc2cccc(Br)c2C[C@@H]1CNC(=O)C1Cc2ccccc2C1. The van der Waals surface area contributed by atoms with Crippen molar-refractivity contribution in [3.05, 3.63) is 69.2 Å². The Hall–Kier alpha value is -1.65. The molecule has 2 aromatic rings. The fourth-order valence-corrected chi connectivity index (χ4v) is 4.67. The Bertz CT molecular complexity index is 779. The van der Waals surface area contributed by atoms with Gasteiger partial charge in [-0.1, -0.05) is 52.3 Å². The molecule has 1 atom stereocenters. The fraction of sp³-hybridized carbons (Fsp3) is 0.381. The van der Waals surface area contributed by atoms with Crippen LogP contribution in [0.3, 0.4) is 0 Å². The Kier molecular flexibility index (Phi) is 4.65. The van der Waals surface area contributed by atoms with Crippen LogP contribution < -0.4 is 5.32 Å². The molecule has 2 aliphatic rings. The van der Waals surface area contributed by atoms with Gasteiger partial charge in [-0.25, -0.2) is 0 Å². The summed E-state index contributed by atoms with van der Waals surface area (Å²) in [4.78, 5) is 15.0. The van der Waals surface area contributed by atoms with Crippen molar-refractivity contribution in [2.24, 2.45) is 5.92 Å². The monoisotopic (exact) mass is 398 g/mol. The molecule has 0 radical (unpaired) electrons. The highest BCUT2D eigenvalue weighted by Crippen LogP contribution is 2.29. The van der Waals surface area contributed by atoms with Gasteiger partial charge in [0.25, 0.3) is 0 Å². The lowest BCUT2D eigenvalue weighted by Gasteiger charge is -2.35. The molecule has 2 aromatic carbocycles. The van der Waals surface area contributed by atoms with Crippen LogP contribution in [0.25, 0.3) is 0 Å². The van der Waals surface area contributed by atoms with E-state index in [2.05, 4.69) is 75.7 Å². The highest BCUT2D eigenvalue weighted by molar-refractivity contribution is 9.10. The molecule has 0 saturated heterocycles. The highest BCUT2D eigenvalue weighted by Gasteiger charge is 2.29.